The molecule has 2 atom stereocenters. The molecule has 2 amide bonds. The van der Waals surface area contributed by atoms with Crippen molar-refractivity contribution in [3.63, 3.8) is 0 Å². The van der Waals surface area contributed by atoms with Gasteiger partial charge in [0, 0.05) is 42.8 Å². The molecule has 2 saturated heterocycles. The lowest BCUT2D eigenvalue weighted by molar-refractivity contribution is -0.138. The van der Waals surface area contributed by atoms with Crippen molar-refractivity contribution in [3.8, 4) is 0 Å². The van der Waals surface area contributed by atoms with Crippen molar-refractivity contribution >= 4 is 23.6 Å². The van der Waals surface area contributed by atoms with Gasteiger partial charge >= 0.3 is 0 Å². The standard InChI is InChI=1S/C16H24N4O2S/c1-2-19-10-12(9-17-19)14-11-23-8-7-20(14)16(22)13-5-3-4-6-15(21)18-13/h9-10,13-14H,2-8,11H2,1H3,(H,18,21)/t13-,14-/m0/s1. The summed E-state index contributed by atoms with van der Waals surface area (Å²) in [5, 5.41) is 7.25. The molecule has 6 nitrogen and oxygen atoms in total. The molecule has 3 heterocycles. The Morgan fingerprint density at radius 3 is 3.13 bits per heavy atom. The van der Waals surface area contributed by atoms with Gasteiger partial charge < -0.3 is 10.2 Å². The molecule has 23 heavy (non-hydrogen) atoms. The number of carbonyl (C=O) groups is 2. The van der Waals surface area contributed by atoms with Gasteiger partial charge in [0.2, 0.25) is 11.8 Å². The number of nitrogens with zero attached hydrogens (tertiary/aromatic N) is 3. The number of thioether (sulfide) groups is 1. The SMILES string of the molecule is CCn1cc([C@@H]2CSCCN2C(=O)[C@@H]2CCCCC(=O)N2)cn1. The Morgan fingerprint density at radius 2 is 2.35 bits per heavy atom. The van der Waals surface area contributed by atoms with Gasteiger partial charge in [-0.25, -0.2) is 0 Å². The van der Waals surface area contributed by atoms with Crippen molar-refractivity contribution in [2.75, 3.05) is 18.1 Å². The van der Waals surface area contributed by atoms with Gasteiger partial charge in [-0.15, -0.1) is 0 Å². The van der Waals surface area contributed by atoms with Crippen LogP contribution in [0.4, 0.5) is 0 Å². The first-order valence-electron chi connectivity index (χ1n) is 8.39. The van der Waals surface area contributed by atoms with E-state index in [0.29, 0.717) is 6.42 Å². The van der Waals surface area contributed by atoms with Crippen molar-refractivity contribution in [2.45, 2.75) is 51.2 Å². The largest absolute Gasteiger partial charge is 0.344 e. The normalized spacial score (nSPS) is 25.8. The number of amides is 2. The Balaban J connectivity index is 1.77. The molecule has 0 aliphatic carbocycles. The summed E-state index contributed by atoms with van der Waals surface area (Å²) in [7, 11) is 0. The maximum absolute atomic E-state index is 13.0. The van der Waals surface area contributed by atoms with E-state index >= 15 is 0 Å². The maximum atomic E-state index is 13.0. The van der Waals surface area contributed by atoms with Crippen LogP contribution in [0.3, 0.4) is 0 Å². The van der Waals surface area contributed by atoms with E-state index in [9.17, 15) is 9.59 Å². The molecule has 0 aromatic carbocycles. The molecular weight excluding hydrogens is 312 g/mol. The third-order valence-corrected chi connectivity index (χ3v) is 5.58. The predicted molar refractivity (Wildman–Crippen MR) is 90.1 cm³/mol. The summed E-state index contributed by atoms with van der Waals surface area (Å²) >= 11 is 1.87. The van der Waals surface area contributed by atoms with E-state index in [0.717, 1.165) is 49.4 Å². The average Bonchev–Trinajstić information content (AvgIpc) is 2.95. The molecule has 0 radical (unpaired) electrons. The molecule has 3 rings (SSSR count). The fourth-order valence-electron chi connectivity index (χ4n) is 3.23. The van der Waals surface area contributed by atoms with Gasteiger partial charge in [-0.05, 0) is 19.8 Å². The van der Waals surface area contributed by atoms with Crippen molar-refractivity contribution < 1.29 is 9.59 Å². The molecule has 7 heteroatoms. The minimum Gasteiger partial charge on any atom is -0.344 e. The first-order chi connectivity index (χ1) is 11.2. The molecule has 1 N–H and O–H groups in total. The van der Waals surface area contributed by atoms with Gasteiger partial charge in [-0.3, -0.25) is 14.3 Å². The Bertz CT molecular complexity index is 574. The quantitative estimate of drug-likeness (QED) is 0.910. The number of hydrogen-bond donors (Lipinski definition) is 1. The second kappa shape index (κ2) is 7.38. The van der Waals surface area contributed by atoms with Crippen LogP contribution in [0.2, 0.25) is 0 Å². The summed E-state index contributed by atoms with van der Waals surface area (Å²) in [6.07, 6.45) is 6.98. The van der Waals surface area contributed by atoms with Crippen LogP contribution in [0, 0.1) is 0 Å². The third kappa shape index (κ3) is 3.71. The zero-order valence-electron chi connectivity index (χ0n) is 13.5. The van der Waals surface area contributed by atoms with Gasteiger partial charge in [0.1, 0.15) is 6.04 Å². The van der Waals surface area contributed by atoms with E-state index in [4.69, 9.17) is 0 Å². The molecule has 0 bridgehead atoms. The molecule has 126 valence electrons. The van der Waals surface area contributed by atoms with Crippen LogP contribution < -0.4 is 5.32 Å². The minimum atomic E-state index is -0.364. The monoisotopic (exact) mass is 336 g/mol. The number of nitrogens with one attached hydrogen (secondary N) is 1. The summed E-state index contributed by atoms with van der Waals surface area (Å²) in [6, 6.07) is -0.307. The number of hydrogen-bond acceptors (Lipinski definition) is 4. The van der Waals surface area contributed by atoms with E-state index in [2.05, 4.69) is 17.3 Å². The zero-order valence-corrected chi connectivity index (χ0v) is 14.3. The van der Waals surface area contributed by atoms with Gasteiger partial charge in [-0.1, -0.05) is 6.42 Å². The van der Waals surface area contributed by atoms with Crippen molar-refractivity contribution in [1.29, 1.82) is 0 Å². The molecule has 2 aliphatic rings. The van der Waals surface area contributed by atoms with Crippen LogP contribution in [0.15, 0.2) is 12.4 Å². The van der Waals surface area contributed by atoms with E-state index in [-0.39, 0.29) is 23.9 Å². The average molecular weight is 336 g/mol. The van der Waals surface area contributed by atoms with Crippen LogP contribution in [-0.2, 0) is 16.1 Å². The van der Waals surface area contributed by atoms with E-state index in [1.54, 1.807) is 0 Å². The molecule has 1 aromatic rings. The minimum absolute atomic E-state index is 0.00240. The number of aromatic nitrogens is 2. The first-order valence-corrected chi connectivity index (χ1v) is 9.54. The molecule has 0 spiro atoms. The summed E-state index contributed by atoms with van der Waals surface area (Å²) in [5.74, 6) is 1.91. The number of aryl methyl sites for hydroxylation is 1. The molecule has 2 aliphatic heterocycles. The van der Waals surface area contributed by atoms with Gasteiger partial charge in [0.05, 0.1) is 12.2 Å². The van der Waals surface area contributed by atoms with Crippen LogP contribution in [0.1, 0.15) is 44.2 Å². The lowest BCUT2D eigenvalue weighted by Gasteiger charge is -2.37. The topological polar surface area (TPSA) is 67.2 Å². The highest BCUT2D eigenvalue weighted by molar-refractivity contribution is 7.99. The van der Waals surface area contributed by atoms with Gasteiger partial charge in [-0.2, -0.15) is 16.9 Å². The predicted octanol–water partition coefficient (Wildman–Crippen LogP) is 1.58. The number of rotatable bonds is 3. The highest BCUT2D eigenvalue weighted by Gasteiger charge is 2.34. The Hall–Kier alpha value is -1.50. The lowest BCUT2D eigenvalue weighted by atomic mass is 10.1. The molecule has 2 fully saturated rings. The third-order valence-electron chi connectivity index (χ3n) is 4.55. The number of carbonyl (C=O) groups excluding carboxylic acids is 2. The van der Waals surface area contributed by atoms with Crippen LogP contribution in [-0.4, -0.2) is 50.6 Å². The highest BCUT2D eigenvalue weighted by Crippen LogP contribution is 2.30. The van der Waals surface area contributed by atoms with Crippen LogP contribution >= 0.6 is 11.8 Å². The fourth-order valence-corrected chi connectivity index (χ4v) is 4.31. The molecular formula is C16H24N4O2S. The molecule has 0 unspecified atom stereocenters. The van der Waals surface area contributed by atoms with E-state index < -0.39 is 0 Å². The summed E-state index contributed by atoms with van der Waals surface area (Å²) in [5.41, 5.74) is 1.09. The van der Waals surface area contributed by atoms with Crippen molar-refractivity contribution in [2.24, 2.45) is 0 Å². The first kappa shape index (κ1) is 16.4. The molecule has 0 saturated carbocycles. The van der Waals surface area contributed by atoms with Gasteiger partial charge in [0.15, 0.2) is 0 Å². The fraction of sp³-hybridized carbons (Fsp3) is 0.688. The zero-order chi connectivity index (χ0) is 16.2. The Kier molecular flexibility index (Phi) is 5.25. The smallest absolute Gasteiger partial charge is 0.245 e. The summed E-state index contributed by atoms with van der Waals surface area (Å²) < 4.78 is 1.89. The van der Waals surface area contributed by atoms with Crippen LogP contribution in [0.25, 0.3) is 0 Å². The summed E-state index contributed by atoms with van der Waals surface area (Å²) in [4.78, 5) is 26.7. The van der Waals surface area contributed by atoms with Crippen molar-refractivity contribution in [1.82, 2.24) is 20.0 Å². The Morgan fingerprint density at radius 1 is 1.48 bits per heavy atom. The second-order valence-corrected chi connectivity index (χ2v) is 7.27. The highest BCUT2D eigenvalue weighted by atomic mass is 32.2. The van der Waals surface area contributed by atoms with Crippen LogP contribution in [0.5, 0.6) is 0 Å². The van der Waals surface area contributed by atoms with Crippen molar-refractivity contribution in [3.05, 3.63) is 18.0 Å². The van der Waals surface area contributed by atoms with E-state index in [1.165, 1.54) is 0 Å². The lowest BCUT2D eigenvalue weighted by Crippen LogP contribution is -2.51. The maximum Gasteiger partial charge on any atom is 0.245 e. The van der Waals surface area contributed by atoms with E-state index in [1.807, 2.05) is 33.7 Å². The van der Waals surface area contributed by atoms with Gasteiger partial charge in [0.25, 0.3) is 0 Å². The second-order valence-electron chi connectivity index (χ2n) is 6.12. The molecule has 1 aromatic heterocycles. The summed E-state index contributed by atoms with van der Waals surface area (Å²) in [6.45, 7) is 3.61. The Labute approximate surface area is 141 Å².